The molecule has 0 saturated carbocycles. The third-order valence-corrected chi connectivity index (χ3v) is 4.32. The summed E-state index contributed by atoms with van der Waals surface area (Å²) < 4.78 is 1.02. The van der Waals surface area contributed by atoms with Gasteiger partial charge in [0.15, 0.2) is 0 Å². The van der Waals surface area contributed by atoms with Crippen LogP contribution in [0.1, 0.15) is 28.9 Å². The summed E-state index contributed by atoms with van der Waals surface area (Å²) in [7, 11) is 0. The molecule has 3 rings (SSSR count). The Kier molecular flexibility index (Phi) is 7.47. The van der Waals surface area contributed by atoms with Gasteiger partial charge in [0, 0.05) is 27.6 Å². The van der Waals surface area contributed by atoms with Gasteiger partial charge in [0.05, 0.1) is 11.1 Å². The Hall–Kier alpha value is -1.35. The predicted octanol–water partition coefficient (Wildman–Crippen LogP) is 4.28. The van der Waals surface area contributed by atoms with Gasteiger partial charge in [-0.15, -0.1) is 24.8 Å². The van der Waals surface area contributed by atoms with Gasteiger partial charge in [-0.05, 0) is 53.3 Å². The molecule has 1 atom stereocenters. The van der Waals surface area contributed by atoms with Gasteiger partial charge < -0.3 is 16.0 Å². The smallest absolute Gasteiger partial charge is 0.255 e. The number of hydrogen-bond acceptors (Lipinski definition) is 3. The molecule has 128 valence electrons. The summed E-state index contributed by atoms with van der Waals surface area (Å²) in [4.78, 5) is 19.7. The number of carbonyl (C=O) groups is 1. The monoisotopic (exact) mass is 478 g/mol. The van der Waals surface area contributed by atoms with Gasteiger partial charge in [-0.3, -0.25) is 4.79 Å². The van der Waals surface area contributed by atoms with Crippen LogP contribution in [0.4, 0.5) is 5.69 Å². The number of benzene rings is 1. The first-order valence-corrected chi connectivity index (χ1v) is 7.92. The van der Waals surface area contributed by atoms with E-state index >= 15 is 0 Å². The standard InChI is InChI=1S/C16H15IN4O.2ClH/c1-9(18)10-2-4-11(5-3-10)16(22)21-13-6-7-19-15-14(13)12(17)8-20-15;;/h2-9H,18H2,1H3,(H2,19,20,21,22);2*1H/t9-;;/m1../s1. The molecule has 0 fully saturated rings. The Labute approximate surface area is 165 Å². The summed E-state index contributed by atoms with van der Waals surface area (Å²) in [6, 6.07) is 9.08. The van der Waals surface area contributed by atoms with Crippen molar-refractivity contribution in [2.75, 3.05) is 5.32 Å². The van der Waals surface area contributed by atoms with Crippen LogP contribution in [0.25, 0.3) is 11.0 Å². The van der Waals surface area contributed by atoms with Crippen LogP contribution in [-0.2, 0) is 0 Å². The number of nitrogens with zero attached hydrogens (tertiary/aromatic N) is 1. The largest absolute Gasteiger partial charge is 0.345 e. The highest BCUT2D eigenvalue weighted by molar-refractivity contribution is 14.1. The minimum Gasteiger partial charge on any atom is -0.345 e. The second-order valence-electron chi connectivity index (χ2n) is 5.08. The average Bonchev–Trinajstić information content (AvgIpc) is 2.90. The van der Waals surface area contributed by atoms with E-state index in [9.17, 15) is 4.79 Å². The van der Waals surface area contributed by atoms with E-state index in [0.717, 1.165) is 25.9 Å². The molecular weight excluding hydrogens is 462 g/mol. The lowest BCUT2D eigenvalue weighted by atomic mass is 10.1. The van der Waals surface area contributed by atoms with Crippen LogP contribution < -0.4 is 11.1 Å². The van der Waals surface area contributed by atoms with Crippen LogP contribution in [0, 0.1) is 3.57 Å². The number of halogens is 3. The average molecular weight is 479 g/mol. The SMILES string of the molecule is C[C@@H](N)c1ccc(C(=O)Nc2ccnc3[nH]cc(I)c23)cc1.Cl.Cl. The number of H-pyrrole nitrogens is 1. The van der Waals surface area contributed by atoms with E-state index < -0.39 is 0 Å². The molecule has 0 spiro atoms. The fourth-order valence-corrected chi connectivity index (χ4v) is 2.96. The van der Waals surface area contributed by atoms with E-state index in [-0.39, 0.29) is 36.8 Å². The summed E-state index contributed by atoms with van der Waals surface area (Å²) in [5, 5.41) is 3.86. The summed E-state index contributed by atoms with van der Waals surface area (Å²) >= 11 is 2.22. The fourth-order valence-electron chi connectivity index (χ4n) is 2.25. The van der Waals surface area contributed by atoms with Gasteiger partial charge in [0.25, 0.3) is 5.91 Å². The second-order valence-corrected chi connectivity index (χ2v) is 6.25. The highest BCUT2D eigenvalue weighted by atomic mass is 127. The number of carbonyl (C=O) groups excluding carboxylic acids is 1. The van der Waals surface area contributed by atoms with Gasteiger partial charge in [-0.25, -0.2) is 4.98 Å². The fraction of sp³-hybridized carbons (Fsp3) is 0.125. The van der Waals surface area contributed by atoms with Crippen molar-refractivity contribution in [2.45, 2.75) is 13.0 Å². The van der Waals surface area contributed by atoms with E-state index in [0.29, 0.717) is 5.56 Å². The first kappa shape index (κ1) is 20.7. The molecule has 8 heteroatoms. The molecule has 5 nitrogen and oxygen atoms in total. The van der Waals surface area contributed by atoms with Crippen LogP contribution >= 0.6 is 47.4 Å². The van der Waals surface area contributed by atoms with Gasteiger partial charge in [0.1, 0.15) is 5.65 Å². The number of amides is 1. The van der Waals surface area contributed by atoms with Crippen LogP contribution in [0.2, 0.25) is 0 Å². The van der Waals surface area contributed by atoms with Crippen molar-refractivity contribution in [3.8, 4) is 0 Å². The first-order chi connectivity index (χ1) is 10.6. The third-order valence-electron chi connectivity index (χ3n) is 3.47. The molecule has 0 aliphatic carbocycles. The van der Waals surface area contributed by atoms with Crippen molar-refractivity contribution in [3.05, 3.63) is 57.4 Å². The zero-order valence-electron chi connectivity index (χ0n) is 12.7. The van der Waals surface area contributed by atoms with Crippen LogP contribution in [0.3, 0.4) is 0 Å². The number of aromatic nitrogens is 2. The Balaban J connectivity index is 0.00000144. The van der Waals surface area contributed by atoms with E-state index in [1.54, 1.807) is 24.4 Å². The maximum absolute atomic E-state index is 12.4. The number of pyridine rings is 1. The van der Waals surface area contributed by atoms with Gasteiger partial charge >= 0.3 is 0 Å². The summed E-state index contributed by atoms with van der Waals surface area (Å²) in [5.74, 6) is -0.152. The summed E-state index contributed by atoms with van der Waals surface area (Å²) in [6.45, 7) is 1.91. The first-order valence-electron chi connectivity index (χ1n) is 6.84. The van der Waals surface area contributed by atoms with Crippen molar-refractivity contribution in [1.29, 1.82) is 0 Å². The number of nitrogens with two attached hydrogens (primary N) is 1. The minimum absolute atomic E-state index is 0. The van der Waals surface area contributed by atoms with Gasteiger partial charge in [0.2, 0.25) is 0 Å². The molecule has 0 radical (unpaired) electrons. The number of rotatable bonds is 3. The molecule has 0 aliphatic rings. The molecule has 0 saturated heterocycles. The molecule has 1 amide bonds. The lowest BCUT2D eigenvalue weighted by Gasteiger charge is -2.09. The molecule has 24 heavy (non-hydrogen) atoms. The van der Waals surface area contributed by atoms with Crippen molar-refractivity contribution in [2.24, 2.45) is 5.73 Å². The molecule has 4 N–H and O–H groups in total. The highest BCUT2D eigenvalue weighted by Crippen LogP contribution is 2.26. The molecule has 2 aromatic heterocycles. The third kappa shape index (κ3) is 4.18. The van der Waals surface area contributed by atoms with Crippen molar-refractivity contribution in [1.82, 2.24) is 9.97 Å². The molecule has 1 aromatic carbocycles. The number of hydrogen-bond donors (Lipinski definition) is 3. The molecule has 0 unspecified atom stereocenters. The van der Waals surface area contributed by atoms with Crippen molar-refractivity contribution >= 4 is 70.0 Å². The molecular formula is C16H17Cl2IN4O. The van der Waals surface area contributed by atoms with E-state index in [4.69, 9.17) is 5.73 Å². The maximum Gasteiger partial charge on any atom is 0.255 e. The molecule has 2 heterocycles. The summed E-state index contributed by atoms with van der Waals surface area (Å²) in [6.07, 6.45) is 3.54. The zero-order chi connectivity index (χ0) is 15.7. The second kappa shape index (κ2) is 8.66. The topological polar surface area (TPSA) is 83.8 Å². The zero-order valence-corrected chi connectivity index (χ0v) is 16.5. The quantitative estimate of drug-likeness (QED) is 0.491. The van der Waals surface area contributed by atoms with E-state index in [1.165, 1.54) is 0 Å². The van der Waals surface area contributed by atoms with Crippen LogP contribution in [-0.4, -0.2) is 15.9 Å². The normalized spacial score (nSPS) is 11.3. The Morgan fingerprint density at radius 3 is 2.54 bits per heavy atom. The number of anilines is 1. The van der Waals surface area contributed by atoms with Crippen molar-refractivity contribution < 1.29 is 4.79 Å². The molecule has 0 bridgehead atoms. The Morgan fingerprint density at radius 1 is 1.25 bits per heavy atom. The lowest BCUT2D eigenvalue weighted by Crippen LogP contribution is -2.13. The van der Waals surface area contributed by atoms with Crippen LogP contribution in [0.5, 0.6) is 0 Å². The number of aromatic amines is 1. The Bertz CT molecular complexity index is 834. The lowest BCUT2D eigenvalue weighted by molar-refractivity contribution is 0.102. The summed E-state index contributed by atoms with van der Waals surface area (Å²) in [5.41, 5.74) is 8.92. The molecule has 3 aromatic rings. The Morgan fingerprint density at radius 2 is 1.92 bits per heavy atom. The van der Waals surface area contributed by atoms with Gasteiger partial charge in [-0.2, -0.15) is 0 Å². The van der Waals surface area contributed by atoms with Crippen molar-refractivity contribution in [3.63, 3.8) is 0 Å². The number of fused-ring (bicyclic) bond motifs is 1. The van der Waals surface area contributed by atoms with Gasteiger partial charge in [-0.1, -0.05) is 12.1 Å². The minimum atomic E-state index is -0.152. The molecule has 0 aliphatic heterocycles. The van der Waals surface area contributed by atoms with E-state index in [2.05, 4.69) is 37.9 Å². The highest BCUT2D eigenvalue weighted by Gasteiger charge is 2.12. The predicted molar refractivity (Wildman–Crippen MR) is 110 cm³/mol. The maximum atomic E-state index is 12.4. The number of nitrogens with one attached hydrogen (secondary N) is 2. The van der Waals surface area contributed by atoms with E-state index in [1.807, 2.05) is 25.3 Å². The van der Waals surface area contributed by atoms with Crippen LogP contribution in [0.15, 0.2) is 42.7 Å².